The number of ether oxygens (including phenoxy) is 1. The molecule has 2 aromatic rings. The number of thiazole rings is 1. The van der Waals surface area contributed by atoms with Gasteiger partial charge in [0.25, 0.3) is 0 Å². The molecule has 3 amide bonds. The zero-order chi connectivity index (χ0) is 28.0. The number of nitrogens with zero attached hydrogens (tertiary/aromatic N) is 3. The highest BCUT2D eigenvalue weighted by molar-refractivity contribution is 7.13. The van der Waals surface area contributed by atoms with E-state index in [0.717, 1.165) is 80.0 Å². The molecule has 1 atom stereocenters. The molecule has 2 saturated heterocycles. The van der Waals surface area contributed by atoms with Gasteiger partial charge in [0, 0.05) is 26.2 Å². The molecule has 0 spiro atoms. The van der Waals surface area contributed by atoms with Gasteiger partial charge in [0.1, 0.15) is 5.60 Å². The summed E-state index contributed by atoms with van der Waals surface area (Å²) in [5.41, 5.74) is 4.39. The molecule has 0 saturated carbocycles. The van der Waals surface area contributed by atoms with Crippen molar-refractivity contribution in [1.29, 1.82) is 0 Å². The Bertz CT molecular complexity index is 1110. The SMILES string of the molecule is Cc1ncsc1-c1ccc(C(CC(=O)N2CCC(CC3CCN(C(=O)OC(C)(C)C)CC3)CC2)NC=O)cc1. The van der Waals surface area contributed by atoms with Crippen molar-refractivity contribution in [1.82, 2.24) is 20.1 Å². The molecule has 1 N–H and O–H groups in total. The molecule has 3 heterocycles. The summed E-state index contributed by atoms with van der Waals surface area (Å²) in [6.07, 6.45) is 5.92. The van der Waals surface area contributed by atoms with Gasteiger partial charge < -0.3 is 19.9 Å². The van der Waals surface area contributed by atoms with E-state index < -0.39 is 5.60 Å². The molecule has 0 aliphatic carbocycles. The van der Waals surface area contributed by atoms with E-state index in [1.54, 1.807) is 11.3 Å². The Morgan fingerprint density at radius 1 is 1.05 bits per heavy atom. The average Bonchev–Trinajstić information content (AvgIpc) is 3.34. The smallest absolute Gasteiger partial charge is 0.410 e. The van der Waals surface area contributed by atoms with E-state index in [1.165, 1.54) is 0 Å². The van der Waals surface area contributed by atoms with Crippen molar-refractivity contribution in [2.24, 2.45) is 11.8 Å². The monoisotopic (exact) mass is 554 g/mol. The third-order valence-corrected chi connectivity index (χ3v) is 8.85. The Labute approximate surface area is 236 Å². The molecular formula is C30H42N4O4S. The second-order valence-electron chi connectivity index (χ2n) is 11.9. The van der Waals surface area contributed by atoms with Crippen LogP contribution in [0.15, 0.2) is 29.8 Å². The Kier molecular flexibility index (Phi) is 9.64. The summed E-state index contributed by atoms with van der Waals surface area (Å²) in [6.45, 7) is 10.7. The number of rotatable bonds is 8. The minimum atomic E-state index is -0.464. The number of amides is 3. The summed E-state index contributed by atoms with van der Waals surface area (Å²) in [5.74, 6) is 1.31. The van der Waals surface area contributed by atoms with Crippen LogP contribution in [0, 0.1) is 18.8 Å². The number of carbonyl (C=O) groups is 3. The van der Waals surface area contributed by atoms with Crippen LogP contribution in [0.2, 0.25) is 0 Å². The van der Waals surface area contributed by atoms with Gasteiger partial charge in [-0.15, -0.1) is 11.3 Å². The van der Waals surface area contributed by atoms with Gasteiger partial charge in [0.15, 0.2) is 0 Å². The maximum atomic E-state index is 13.2. The van der Waals surface area contributed by atoms with E-state index in [9.17, 15) is 14.4 Å². The molecule has 8 nitrogen and oxygen atoms in total. The van der Waals surface area contributed by atoms with Crippen LogP contribution in [0.5, 0.6) is 0 Å². The number of aryl methyl sites for hydroxylation is 1. The van der Waals surface area contributed by atoms with Gasteiger partial charge in [-0.3, -0.25) is 9.59 Å². The molecule has 39 heavy (non-hydrogen) atoms. The fourth-order valence-electron chi connectivity index (χ4n) is 5.67. The first-order valence-electron chi connectivity index (χ1n) is 14.1. The van der Waals surface area contributed by atoms with E-state index in [1.807, 2.05) is 67.3 Å². The number of nitrogens with one attached hydrogen (secondary N) is 1. The second kappa shape index (κ2) is 12.9. The number of aromatic nitrogens is 1. The number of piperidine rings is 2. The topological polar surface area (TPSA) is 91.8 Å². The lowest BCUT2D eigenvalue weighted by molar-refractivity contribution is -0.133. The quantitative estimate of drug-likeness (QED) is 0.431. The Morgan fingerprint density at radius 2 is 1.64 bits per heavy atom. The van der Waals surface area contributed by atoms with E-state index in [2.05, 4.69) is 10.3 Å². The van der Waals surface area contributed by atoms with E-state index in [-0.39, 0.29) is 24.5 Å². The van der Waals surface area contributed by atoms with Crippen molar-refractivity contribution in [3.63, 3.8) is 0 Å². The average molecular weight is 555 g/mol. The van der Waals surface area contributed by atoms with Crippen molar-refractivity contribution in [2.75, 3.05) is 26.2 Å². The number of carbonyl (C=O) groups excluding carboxylic acids is 3. The predicted octanol–water partition coefficient (Wildman–Crippen LogP) is 5.57. The van der Waals surface area contributed by atoms with Gasteiger partial charge in [-0.1, -0.05) is 24.3 Å². The molecule has 2 aliphatic rings. The van der Waals surface area contributed by atoms with E-state index in [0.29, 0.717) is 18.2 Å². The van der Waals surface area contributed by atoms with Crippen LogP contribution in [0.1, 0.15) is 76.6 Å². The third kappa shape index (κ3) is 8.03. The molecule has 9 heteroatoms. The number of hydrogen-bond donors (Lipinski definition) is 1. The highest BCUT2D eigenvalue weighted by Gasteiger charge is 2.30. The Balaban J connectivity index is 1.22. The molecule has 212 valence electrons. The Morgan fingerprint density at radius 3 is 2.15 bits per heavy atom. The summed E-state index contributed by atoms with van der Waals surface area (Å²) >= 11 is 1.61. The Hall–Kier alpha value is -2.94. The maximum absolute atomic E-state index is 13.2. The van der Waals surface area contributed by atoms with Crippen LogP contribution in [-0.2, 0) is 14.3 Å². The molecule has 1 aromatic heterocycles. The first-order valence-corrected chi connectivity index (χ1v) is 15.0. The zero-order valence-corrected chi connectivity index (χ0v) is 24.5. The van der Waals surface area contributed by atoms with Gasteiger partial charge in [0.05, 0.1) is 28.5 Å². The fourth-order valence-corrected chi connectivity index (χ4v) is 6.48. The minimum absolute atomic E-state index is 0.0841. The molecule has 2 fully saturated rings. The van der Waals surface area contributed by atoms with Crippen LogP contribution in [0.4, 0.5) is 4.79 Å². The maximum Gasteiger partial charge on any atom is 0.410 e. The van der Waals surface area contributed by atoms with Crippen molar-refractivity contribution in [2.45, 2.75) is 77.9 Å². The summed E-state index contributed by atoms with van der Waals surface area (Å²) in [4.78, 5) is 46.1. The third-order valence-electron chi connectivity index (χ3n) is 7.87. The van der Waals surface area contributed by atoms with Crippen LogP contribution in [-0.4, -0.2) is 65.0 Å². The molecule has 4 rings (SSSR count). The lowest BCUT2D eigenvalue weighted by Gasteiger charge is -2.37. The largest absolute Gasteiger partial charge is 0.444 e. The molecule has 1 unspecified atom stereocenters. The summed E-state index contributed by atoms with van der Waals surface area (Å²) in [5, 5.41) is 2.85. The van der Waals surface area contributed by atoms with E-state index in [4.69, 9.17) is 4.74 Å². The lowest BCUT2D eigenvalue weighted by Crippen LogP contribution is -2.43. The standard InChI is InChI=1S/C30H42N4O4S/c1-21-28(39-20-32-21)25-7-5-24(6-8-25)26(31-19-35)18-27(36)33-13-9-22(10-14-33)17-23-11-15-34(16-12-23)29(37)38-30(2,3)4/h5-8,19-20,22-23,26H,9-18H2,1-4H3,(H,31,35). The van der Waals surface area contributed by atoms with Gasteiger partial charge in [-0.05, 0) is 82.8 Å². The molecular weight excluding hydrogens is 512 g/mol. The van der Waals surface area contributed by atoms with Crippen molar-refractivity contribution >= 4 is 29.7 Å². The lowest BCUT2D eigenvalue weighted by atomic mass is 9.83. The summed E-state index contributed by atoms with van der Waals surface area (Å²) in [7, 11) is 0. The first kappa shape index (κ1) is 29.1. The van der Waals surface area contributed by atoms with Gasteiger partial charge in [0.2, 0.25) is 12.3 Å². The molecule has 2 aliphatic heterocycles. The predicted molar refractivity (Wildman–Crippen MR) is 153 cm³/mol. The van der Waals surface area contributed by atoms with Crippen molar-refractivity contribution < 1.29 is 19.1 Å². The number of hydrogen-bond acceptors (Lipinski definition) is 6. The normalized spacial score (nSPS) is 18.1. The zero-order valence-electron chi connectivity index (χ0n) is 23.7. The first-order chi connectivity index (χ1) is 18.6. The van der Waals surface area contributed by atoms with Gasteiger partial charge in [-0.25, -0.2) is 9.78 Å². The summed E-state index contributed by atoms with van der Waals surface area (Å²) < 4.78 is 5.52. The van der Waals surface area contributed by atoms with Crippen LogP contribution in [0.25, 0.3) is 10.4 Å². The number of likely N-dealkylation sites (tertiary alicyclic amines) is 2. The van der Waals surface area contributed by atoms with Crippen LogP contribution >= 0.6 is 11.3 Å². The van der Waals surface area contributed by atoms with Crippen LogP contribution < -0.4 is 5.32 Å². The van der Waals surface area contributed by atoms with Gasteiger partial charge >= 0.3 is 6.09 Å². The van der Waals surface area contributed by atoms with Crippen molar-refractivity contribution in [3.8, 4) is 10.4 Å². The fraction of sp³-hybridized carbons (Fsp3) is 0.600. The highest BCUT2D eigenvalue weighted by Crippen LogP contribution is 2.32. The molecule has 1 aromatic carbocycles. The van der Waals surface area contributed by atoms with Crippen molar-refractivity contribution in [3.05, 3.63) is 41.0 Å². The summed E-state index contributed by atoms with van der Waals surface area (Å²) in [6, 6.07) is 7.69. The molecule has 0 bridgehead atoms. The molecule has 0 radical (unpaired) electrons. The van der Waals surface area contributed by atoms with Crippen LogP contribution in [0.3, 0.4) is 0 Å². The highest BCUT2D eigenvalue weighted by atomic mass is 32.1. The minimum Gasteiger partial charge on any atom is -0.444 e. The number of benzene rings is 1. The van der Waals surface area contributed by atoms with E-state index >= 15 is 0 Å². The van der Waals surface area contributed by atoms with Gasteiger partial charge in [-0.2, -0.15) is 0 Å². The second-order valence-corrected chi connectivity index (χ2v) is 12.8.